The summed E-state index contributed by atoms with van der Waals surface area (Å²) in [5.41, 5.74) is 2.58. The zero-order valence-corrected chi connectivity index (χ0v) is 12.7. The topological polar surface area (TPSA) is 74.8 Å². The molecule has 0 radical (unpaired) electrons. The van der Waals surface area contributed by atoms with E-state index in [2.05, 4.69) is 15.3 Å². The fourth-order valence-corrected chi connectivity index (χ4v) is 4.08. The van der Waals surface area contributed by atoms with Crippen molar-refractivity contribution in [1.82, 2.24) is 9.97 Å². The second-order valence-electron chi connectivity index (χ2n) is 5.39. The average Bonchev–Trinajstić information content (AvgIpc) is 2.86. The quantitative estimate of drug-likeness (QED) is 0.725. The van der Waals surface area contributed by atoms with Gasteiger partial charge in [0.1, 0.15) is 15.5 Å². The van der Waals surface area contributed by atoms with Gasteiger partial charge in [0, 0.05) is 17.9 Å². The summed E-state index contributed by atoms with van der Waals surface area (Å²) in [5.74, 6) is 0.496. The molecule has 0 unspecified atom stereocenters. The van der Waals surface area contributed by atoms with Gasteiger partial charge in [0.05, 0.1) is 5.52 Å². The molecular formula is C16H13N3O2S. The molecule has 0 fully saturated rings. The number of carbonyl (C=O) groups excluding carboxylic acids is 1. The zero-order valence-electron chi connectivity index (χ0n) is 11.8. The number of hydrogen-bond donors (Lipinski definition) is 2. The van der Waals surface area contributed by atoms with E-state index in [0.29, 0.717) is 22.5 Å². The Hall–Kier alpha value is -2.47. The minimum absolute atomic E-state index is 0.0268. The molecular weight excluding hydrogens is 298 g/mol. The number of nitrogens with zero attached hydrogens (tertiary/aromatic N) is 1. The number of thiophene rings is 1. The van der Waals surface area contributed by atoms with Crippen molar-refractivity contribution in [1.29, 1.82) is 0 Å². The van der Waals surface area contributed by atoms with Crippen molar-refractivity contribution < 1.29 is 4.79 Å². The van der Waals surface area contributed by atoms with Gasteiger partial charge in [0.15, 0.2) is 0 Å². The molecule has 0 saturated carbocycles. The molecule has 6 heteroatoms. The summed E-state index contributed by atoms with van der Waals surface area (Å²) in [4.78, 5) is 31.4. The maximum atomic E-state index is 12.1. The number of benzene rings is 1. The van der Waals surface area contributed by atoms with Crippen molar-refractivity contribution >= 4 is 32.5 Å². The second-order valence-corrected chi connectivity index (χ2v) is 6.41. The first-order chi connectivity index (χ1) is 10.6. The first-order valence-corrected chi connectivity index (χ1v) is 7.83. The van der Waals surface area contributed by atoms with E-state index >= 15 is 0 Å². The molecule has 1 aromatic carbocycles. The summed E-state index contributed by atoms with van der Waals surface area (Å²) < 4.78 is 0.568. The van der Waals surface area contributed by atoms with Crippen LogP contribution >= 0.6 is 11.3 Å². The fourth-order valence-electron chi connectivity index (χ4n) is 2.97. The molecule has 22 heavy (non-hydrogen) atoms. The van der Waals surface area contributed by atoms with Crippen molar-refractivity contribution in [2.24, 2.45) is 0 Å². The zero-order chi connectivity index (χ0) is 15.3. The van der Waals surface area contributed by atoms with Crippen molar-refractivity contribution in [2.45, 2.75) is 19.3 Å². The number of H-pyrrole nitrogens is 1. The first kappa shape index (κ1) is 13.2. The summed E-state index contributed by atoms with van der Waals surface area (Å²) in [7, 11) is 0. The van der Waals surface area contributed by atoms with Crippen LogP contribution in [0, 0.1) is 6.92 Å². The van der Waals surface area contributed by atoms with Crippen LogP contribution in [0.4, 0.5) is 5.00 Å². The van der Waals surface area contributed by atoms with Gasteiger partial charge in [-0.3, -0.25) is 9.59 Å². The van der Waals surface area contributed by atoms with Gasteiger partial charge in [-0.05, 0) is 12.5 Å². The van der Waals surface area contributed by atoms with Crippen LogP contribution in [0.25, 0.3) is 10.2 Å². The molecule has 4 rings (SSSR count). The molecule has 2 aromatic heterocycles. The standard InChI is InChI=1S/C16H13N3O2S/c1-8-17-13-12-10(9-5-3-2-4-6-9)7-11(20)19-16(12)22-14(13)15(21)18-8/h2-6,10H,7H2,1H3,(H,19,20)(H,17,18,21)/t10-/m1/s1. The molecule has 0 spiro atoms. The SMILES string of the molecule is Cc1nc2c3c(sc2c(=O)[nH]1)NC(=O)C[C@@H]3c1ccccc1. The molecule has 0 bridgehead atoms. The predicted octanol–water partition coefficient (Wildman–Crippen LogP) is 2.77. The Morgan fingerprint density at radius 2 is 2.00 bits per heavy atom. The van der Waals surface area contributed by atoms with Crippen LogP contribution < -0.4 is 10.9 Å². The Bertz CT molecular complexity index is 943. The Kier molecular flexibility index (Phi) is 2.87. The van der Waals surface area contributed by atoms with Crippen LogP contribution in [0.15, 0.2) is 35.1 Å². The van der Waals surface area contributed by atoms with Gasteiger partial charge in [-0.1, -0.05) is 30.3 Å². The van der Waals surface area contributed by atoms with Crippen LogP contribution in [-0.4, -0.2) is 15.9 Å². The lowest BCUT2D eigenvalue weighted by Crippen LogP contribution is -2.22. The number of nitrogens with one attached hydrogen (secondary N) is 2. The number of rotatable bonds is 1. The molecule has 0 saturated heterocycles. The summed E-state index contributed by atoms with van der Waals surface area (Å²) in [6.45, 7) is 1.77. The number of amides is 1. The number of hydrogen-bond acceptors (Lipinski definition) is 4. The Morgan fingerprint density at radius 1 is 1.23 bits per heavy atom. The summed E-state index contributed by atoms with van der Waals surface area (Å²) in [6, 6.07) is 9.89. The van der Waals surface area contributed by atoms with Gasteiger partial charge in [0.2, 0.25) is 5.91 Å². The lowest BCUT2D eigenvalue weighted by atomic mass is 9.87. The lowest BCUT2D eigenvalue weighted by molar-refractivity contribution is -0.116. The number of aromatic amines is 1. The third-order valence-electron chi connectivity index (χ3n) is 3.89. The molecule has 1 atom stereocenters. The number of fused-ring (bicyclic) bond motifs is 3. The molecule has 3 heterocycles. The average molecular weight is 311 g/mol. The third kappa shape index (κ3) is 1.95. The fraction of sp³-hybridized carbons (Fsp3) is 0.188. The van der Waals surface area contributed by atoms with Crippen LogP contribution in [0.1, 0.15) is 29.3 Å². The van der Waals surface area contributed by atoms with E-state index in [1.165, 1.54) is 11.3 Å². The molecule has 1 aliphatic heterocycles. The third-order valence-corrected chi connectivity index (χ3v) is 5.00. The Morgan fingerprint density at radius 3 is 2.77 bits per heavy atom. The maximum absolute atomic E-state index is 12.1. The number of aryl methyl sites for hydroxylation is 1. The normalized spacial score (nSPS) is 17.3. The molecule has 110 valence electrons. The number of anilines is 1. The molecule has 3 aromatic rings. The predicted molar refractivity (Wildman–Crippen MR) is 86.5 cm³/mol. The van der Waals surface area contributed by atoms with Crippen LogP contribution in [0.3, 0.4) is 0 Å². The minimum atomic E-state index is -0.150. The van der Waals surface area contributed by atoms with Gasteiger partial charge in [-0.25, -0.2) is 4.98 Å². The van der Waals surface area contributed by atoms with Gasteiger partial charge < -0.3 is 10.3 Å². The number of carbonyl (C=O) groups is 1. The highest BCUT2D eigenvalue weighted by Crippen LogP contribution is 2.44. The lowest BCUT2D eigenvalue weighted by Gasteiger charge is -2.23. The van der Waals surface area contributed by atoms with E-state index in [0.717, 1.165) is 16.1 Å². The highest BCUT2D eigenvalue weighted by molar-refractivity contribution is 7.23. The summed E-state index contributed by atoms with van der Waals surface area (Å²) >= 11 is 1.30. The van der Waals surface area contributed by atoms with E-state index in [4.69, 9.17) is 0 Å². The van der Waals surface area contributed by atoms with Crippen LogP contribution in [0.2, 0.25) is 0 Å². The summed E-state index contributed by atoms with van der Waals surface area (Å²) in [6.07, 6.45) is 0.371. The van der Waals surface area contributed by atoms with Crippen molar-refractivity contribution in [3.8, 4) is 0 Å². The van der Waals surface area contributed by atoms with Crippen molar-refractivity contribution in [2.75, 3.05) is 5.32 Å². The maximum Gasteiger partial charge on any atom is 0.268 e. The molecule has 5 nitrogen and oxygen atoms in total. The van der Waals surface area contributed by atoms with E-state index in [1.807, 2.05) is 30.3 Å². The van der Waals surface area contributed by atoms with Crippen molar-refractivity contribution in [3.63, 3.8) is 0 Å². The highest BCUT2D eigenvalue weighted by Gasteiger charge is 2.31. The van der Waals surface area contributed by atoms with E-state index < -0.39 is 0 Å². The van der Waals surface area contributed by atoms with Gasteiger partial charge in [0.25, 0.3) is 5.56 Å². The van der Waals surface area contributed by atoms with Crippen molar-refractivity contribution in [3.05, 3.63) is 57.6 Å². The Balaban J connectivity index is 2.03. The van der Waals surface area contributed by atoms with Crippen LogP contribution in [-0.2, 0) is 4.79 Å². The second kappa shape index (κ2) is 4.78. The first-order valence-electron chi connectivity index (χ1n) is 7.01. The minimum Gasteiger partial charge on any atom is -0.317 e. The monoisotopic (exact) mass is 311 g/mol. The summed E-state index contributed by atoms with van der Waals surface area (Å²) in [5, 5.41) is 3.62. The van der Waals surface area contributed by atoms with E-state index in [-0.39, 0.29) is 17.4 Å². The van der Waals surface area contributed by atoms with Crippen LogP contribution in [0.5, 0.6) is 0 Å². The van der Waals surface area contributed by atoms with E-state index in [1.54, 1.807) is 6.92 Å². The number of aromatic nitrogens is 2. The molecule has 2 N–H and O–H groups in total. The van der Waals surface area contributed by atoms with Gasteiger partial charge >= 0.3 is 0 Å². The molecule has 1 amide bonds. The highest BCUT2D eigenvalue weighted by atomic mass is 32.1. The molecule has 1 aliphatic rings. The molecule has 0 aliphatic carbocycles. The van der Waals surface area contributed by atoms with Gasteiger partial charge in [-0.15, -0.1) is 11.3 Å². The smallest absolute Gasteiger partial charge is 0.268 e. The Labute approximate surface area is 130 Å². The van der Waals surface area contributed by atoms with Gasteiger partial charge in [-0.2, -0.15) is 0 Å². The largest absolute Gasteiger partial charge is 0.317 e. The van der Waals surface area contributed by atoms with E-state index in [9.17, 15) is 9.59 Å².